The lowest BCUT2D eigenvalue weighted by Gasteiger charge is -2.29. The van der Waals surface area contributed by atoms with E-state index in [1.165, 1.54) is 0 Å². The molecule has 0 aliphatic carbocycles. The van der Waals surface area contributed by atoms with Crippen molar-refractivity contribution in [2.45, 2.75) is 38.8 Å². The van der Waals surface area contributed by atoms with E-state index in [-0.39, 0.29) is 0 Å². The average Bonchev–Trinajstić information content (AvgIpc) is 2.87. The topological polar surface area (TPSA) is 43.2 Å². The molecule has 114 valence electrons. The monoisotopic (exact) mass is 298 g/mol. The second-order valence-corrected chi connectivity index (χ2v) is 6.29. The Morgan fingerprint density at radius 1 is 1.35 bits per heavy atom. The lowest BCUT2D eigenvalue weighted by Crippen LogP contribution is -2.32. The molecule has 20 heavy (non-hydrogen) atoms. The molecule has 1 fully saturated rings. The van der Waals surface area contributed by atoms with E-state index < -0.39 is 0 Å². The van der Waals surface area contributed by atoms with Gasteiger partial charge in [0.25, 0.3) is 0 Å². The summed E-state index contributed by atoms with van der Waals surface area (Å²) in [6.45, 7) is 5.60. The van der Waals surface area contributed by atoms with Gasteiger partial charge in [0.2, 0.25) is 0 Å². The molecule has 6 heteroatoms. The van der Waals surface area contributed by atoms with Crippen LogP contribution in [0.4, 0.5) is 0 Å². The Balaban J connectivity index is 2.09. The third-order valence-corrected chi connectivity index (χ3v) is 4.36. The van der Waals surface area contributed by atoms with Gasteiger partial charge in [-0.25, -0.2) is 9.67 Å². The molecule has 0 amide bonds. The van der Waals surface area contributed by atoms with Crippen LogP contribution in [-0.4, -0.2) is 58.4 Å². The van der Waals surface area contributed by atoms with Crippen molar-refractivity contribution in [1.82, 2.24) is 19.7 Å². The number of aromatic nitrogens is 3. The second-order valence-electron chi connectivity index (χ2n) is 5.30. The number of rotatable bonds is 7. The summed E-state index contributed by atoms with van der Waals surface area (Å²) in [5.74, 6) is 3.04. The molecular weight excluding hydrogens is 272 g/mol. The summed E-state index contributed by atoms with van der Waals surface area (Å²) in [5.41, 5.74) is 0. The fourth-order valence-electron chi connectivity index (χ4n) is 2.53. The van der Waals surface area contributed by atoms with Crippen LogP contribution in [0.5, 0.6) is 0 Å². The Morgan fingerprint density at radius 3 is 2.75 bits per heavy atom. The zero-order valence-electron chi connectivity index (χ0n) is 12.8. The number of hydrogen-bond donors (Lipinski definition) is 0. The molecule has 1 aromatic rings. The molecule has 2 rings (SSSR count). The highest BCUT2D eigenvalue weighted by atomic mass is 32.2. The normalized spacial score (nSPS) is 17.8. The van der Waals surface area contributed by atoms with E-state index in [9.17, 15) is 0 Å². The first-order valence-corrected chi connectivity index (χ1v) is 8.83. The van der Waals surface area contributed by atoms with Gasteiger partial charge in [-0.1, -0.05) is 0 Å². The van der Waals surface area contributed by atoms with E-state index in [1.54, 1.807) is 0 Å². The van der Waals surface area contributed by atoms with E-state index in [0.29, 0.717) is 12.6 Å². The second kappa shape index (κ2) is 8.00. The molecule has 0 bridgehead atoms. The third-order valence-electron chi connectivity index (χ3n) is 3.74. The molecule has 0 N–H and O–H groups in total. The number of hydrogen-bond acceptors (Lipinski definition) is 5. The maximum absolute atomic E-state index is 5.55. The summed E-state index contributed by atoms with van der Waals surface area (Å²) in [6, 6.07) is 0.484. The highest BCUT2D eigenvalue weighted by Crippen LogP contribution is 2.23. The molecule has 0 saturated carbocycles. The number of ether oxygens (including phenoxy) is 1. The van der Waals surface area contributed by atoms with Crippen molar-refractivity contribution >= 4 is 11.8 Å². The maximum Gasteiger partial charge on any atom is 0.153 e. The number of thioether (sulfide) groups is 1. The fraction of sp³-hybridized carbons (Fsp3) is 0.857. The minimum absolute atomic E-state index is 0.484. The molecule has 1 aromatic heterocycles. The predicted molar refractivity (Wildman–Crippen MR) is 83.2 cm³/mol. The number of piperidine rings is 1. The molecule has 0 atom stereocenters. The summed E-state index contributed by atoms with van der Waals surface area (Å²) >= 11 is 1.84. The zero-order chi connectivity index (χ0) is 14.4. The van der Waals surface area contributed by atoms with Crippen molar-refractivity contribution in [3.8, 4) is 0 Å². The molecule has 1 saturated heterocycles. The highest BCUT2D eigenvalue weighted by Gasteiger charge is 2.22. The van der Waals surface area contributed by atoms with Crippen LogP contribution >= 0.6 is 11.8 Å². The summed E-state index contributed by atoms with van der Waals surface area (Å²) in [5, 5.41) is 4.74. The molecular formula is C14H26N4OS. The van der Waals surface area contributed by atoms with Gasteiger partial charge in [0.1, 0.15) is 6.61 Å². The number of nitrogens with zero attached hydrogens (tertiary/aromatic N) is 4. The van der Waals surface area contributed by atoms with E-state index in [0.717, 1.165) is 56.4 Å². The van der Waals surface area contributed by atoms with Gasteiger partial charge in [-0.05, 0) is 46.2 Å². The lowest BCUT2D eigenvalue weighted by molar-refractivity contribution is 0.119. The van der Waals surface area contributed by atoms with Crippen LogP contribution < -0.4 is 0 Å². The summed E-state index contributed by atoms with van der Waals surface area (Å²) < 4.78 is 7.69. The quantitative estimate of drug-likeness (QED) is 0.770. The van der Waals surface area contributed by atoms with Gasteiger partial charge < -0.3 is 9.64 Å². The van der Waals surface area contributed by atoms with Gasteiger partial charge in [-0.2, -0.15) is 16.9 Å². The molecule has 5 nitrogen and oxygen atoms in total. The molecule has 1 aliphatic rings. The van der Waals surface area contributed by atoms with Crippen molar-refractivity contribution in [2.24, 2.45) is 0 Å². The van der Waals surface area contributed by atoms with Crippen molar-refractivity contribution in [1.29, 1.82) is 0 Å². The standard InChI is InChI=1S/C14H26N4OS/c1-4-19-11-14-15-13(7-10-20-3)16-18(14)12-5-8-17(2)9-6-12/h12H,4-11H2,1-3H3. The minimum atomic E-state index is 0.484. The fourth-order valence-corrected chi connectivity index (χ4v) is 2.91. The van der Waals surface area contributed by atoms with Gasteiger partial charge in [0.15, 0.2) is 11.6 Å². The number of likely N-dealkylation sites (tertiary alicyclic amines) is 1. The van der Waals surface area contributed by atoms with Crippen LogP contribution in [0.25, 0.3) is 0 Å². The first-order valence-electron chi connectivity index (χ1n) is 7.44. The van der Waals surface area contributed by atoms with Crippen LogP contribution in [-0.2, 0) is 17.8 Å². The van der Waals surface area contributed by atoms with E-state index in [4.69, 9.17) is 9.84 Å². The molecule has 0 spiro atoms. The van der Waals surface area contributed by atoms with Gasteiger partial charge in [-0.3, -0.25) is 0 Å². The Hall–Kier alpha value is -0.590. The first kappa shape index (κ1) is 15.8. The average molecular weight is 298 g/mol. The van der Waals surface area contributed by atoms with Gasteiger partial charge in [-0.15, -0.1) is 0 Å². The third kappa shape index (κ3) is 4.20. The first-order chi connectivity index (χ1) is 9.74. The van der Waals surface area contributed by atoms with Crippen molar-refractivity contribution in [3.05, 3.63) is 11.6 Å². The Labute approximate surface area is 126 Å². The van der Waals surface area contributed by atoms with Gasteiger partial charge in [0, 0.05) is 18.8 Å². The predicted octanol–water partition coefficient (Wildman–Crippen LogP) is 1.99. The van der Waals surface area contributed by atoms with E-state index in [1.807, 2.05) is 18.7 Å². The van der Waals surface area contributed by atoms with E-state index in [2.05, 4.69) is 27.9 Å². The van der Waals surface area contributed by atoms with Crippen LogP contribution in [0.3, 0.4) is 0 Å². The van der Waals surface area contributed by atoms with Crippen LogP contribution in [0, 0.1) is 0 Å². The van der Waals surface area contributed by atoms with Crippen molar-refractivity contribution in [2.75, 3.05) is 38.8 Å². The van der Waals surface area contributed by atoms with Crippen molar-refractivity contribution in [3.63, 3.8) is 0 Å². The molecule has 0 unspecified atom stereocenters. The largest absolute Gasteiger partial charge is 0.374 e. The zero-order valence-corrected chi connectivity index (χ0v) is 13.7. The molecule has 0 aromatic carbocycles. The highest BCUT2D eigenvalue weighted by molar-refractivity contribution is 7.98. The molecule has 2 heterocycles. The maximum atomic E-state index is 5.55. The summed E-state index contributed by atoms with van der Waals surface area (Å²) in [7, 11) is 2.18. The smallest absolute Gasteiger partial charge is 0.153 e. The SMILES string of the molecule is CCOCc1nc(CCSC)nn1C1CCN(C)CC1. The lowest BCUT2D eigenvalue weighted by atomic mass is 10.1. The van der Waals surface area contributed by atoms with Crippen LogP contribution in [0.2, 0.25) is 0 Å². The Bertz CT molecular complexity index is 402. The van der Waals surface area contributed by atoms with E-state index >= 15 is 0 Å². The summed E-state index contributed by atoms with van der Waals surface area (Å²) in [6.07, 6.45) is 5.37. The van der Waals surface area contributed by atoms with Crippen LogP contribution in [0.1, 0.15) is 37.5 Å². The minimum Gasteiger partial charge on any atom is -0.374 e. The summed E-state index contributed by atoms with van der Waals surface area (Å²) in [4.78, 5) is 7.06. The van der Waals surface area contributed by atoms with Crippen LogP contribution in [0.15, 0.2) is 0 Å². The Kier molecular flexibility index (Phi) is 6.32. The molecule has 0 radical (unpaired) electrons. The van der Waals surface area contributed by atoms with Crippen molar-refractivity contribution < 1.29 is 4.74 Å². The van der Waals surface area contributed by atoms with Gasteiger partial charge >= 0.3 is 0 Å². The van der Waals surface area contributed by atoms with Gasteiger partial charge in [0.05, 0.1) is 6.04 Å². The Morgan fingerprint density at radius 2 is 2.10 bits per heavy atom. The number of aryl methyl sites for hydroxylation is 1. The molecule has 1 aliphatic heterocycles.